The molecule has 2 bridgehead atoms. The van der Waals surface area contributed by atoms with E-state index in [0.717, 1.165) is 24.0 Å². The van der Waals surface area contributed by atoms with Gasteiger partial charge in [0.15, 0.2) is 0 Å². The van der Waals surface area contributed by atoms with E-state index in [0.29, 0.717) is 12.1 Å². The molecule has 138 valence electrons. The Kier molecular flexibility index (Phi) is 6.85. The third-order valence-electron chi connectivity index (χ3n) is 5.08. The lowest BCUT2D eigenvalue weighted by molar-refractivity contribution is -0.123. The molecule has 0 radical (unpaired) electrons. The average molecular weight is 366 g/mol. The molecule has 6 heteroatoms. The topological polar surface area (TPSA) is 70.2 Å². The molecule has 3 rings (SSSR count). The second-order valence-corrected chi connectivity index (χ2v) is 7.24. The number of aryl methyl sites for hydroxylation is 1. The van der Waals surface area contributed by atoms with Crippen LogP contribution in [0.4, 0.5) is 0 Å². The molecule has 3 N–H and O–H groups in total. The summed E-state index contributed by atoms with van der Waals surface area (Å²) in [5, 5.41) is 9.66. The second kappa shape index (κ2) is 8.68. The normalized spacial score (nSPS) is 25.6. The number of halogens is 1. The lowest BCUT2D eigenvalue weighted by Crippen LogP contribution is -2.48. The summed E-state index contributed by atoms with van der Waals surface area (Å²) >= 11 is 0. The highest BCUT2D eigenvalue weighted by Crippen LogP contribution is 2.27. The molecular weight excluding hydrogens is 338 g/mol. The van der Waals surface area contributed by atoms with Crippen LogP contribution in [0.3, 0.4) is 0 Å². The van der Waals surface area contributed by atoms with Gasteiger partial charge in [-0.2, -0.15) is 0 Å². The van der Waals surface area contributed by atoms with E-state index < -0.39 is 0 Å². The third kappa shape index (κ3) is 5.44. The Morgan fingerprint density at radius 1 is 1.16 bits per heavy atom. The Morgan fingerprint density at radius 2 is 1.76 bits per heavy atom. The molecule has 3 atom stereocenters. The van der Waals surface area contributed by atoms with E-state index in [1.165, 1.54) is 19.8 Å². The number of amides is 2. The van der Waals surface area contributed by atoms with Gasteiger partial charge in [0.1, 0.15) is 0 Å². The van der Waals surface area contributed by atoms with Crippen molar-refractivity contribution in [3.8, 4) is 0 Å². The highest BCUT2D eigenvalue weighted by molar-refractivity contribution is 5.85. The molecule has 0 saturated carbocycles. The molecule has 0 aliphatic carbocycles. The van der Waals surface area contributed by atoms with E-state index in [9.17, 15) is 9.59 Å². The molecule has 0 aromatic heterocycles. The van der Waals surface area contributed by atoms with Crippen LogP contribution < -0.4 is 16.0 Å². The zero-order chi connectivity index (χ0) is 17.1. The highest BCUT2D eigenvalue weighted by Gasteiger charge is 2.34. The molecule has 2 heterocycles. The van der Waals surface area contributed by atoms with Crippen molar-refractivity contribution in [2.24, 2.45) is 0 Å². The number of piperidine rings is 1. The number of hydrogen-bond donors (Lipinski definition) is 3. The summed E-state index contributed by atoms with van der Waals surface area (Å²) in [5.41, 5.74) is 2.13. The van der Waals surface area contributed by atoms with Crippen LogP contribution in [0.5, 0.6) is 0 Å². The summed E-state index contributed by atoms with van der Waals surface area (Å²) in [6.45, 7) is 3.51. The number of nitrogens with one attached hydrogen (secondary N) is 3. The first-order valence-corrected chi connectivity index (χ1v) is 8.88. The average Bonchev–Trinajstić information content (AvgIpc) is 2.85. The number of hydrogen-bond acceptors (Lipinski definition) is 3. The highest BCUT2D eigenvalue weighted by atomic mass is 35.5. The first-order valence-electron chi connectivity index (χ1n) is 8.88. The molecule has 5 nitrogen and oxygen atoms in total. The van der Waals surface area contributed by atoms with Gasteiger partial charge in [0, 0.05) is 25.0 Å². The molecule has 25 heavy (non-hydrogen) atoms. The third-order valence-corrected chi connectivity index (χ3v) is 5.08. The van der Waals surface area contributed by atoms with Crippen LogP contribution in [0.25, 0.3) is 0 Å². The van der Waals surface area contributed by atoms with Gasteiger partial charge >= 0.3 is 0 Å². The lowest BCUT2D eigenvalue weighted by atomic mass is 9.98. The molecule has 2 fully saturated rings. The van der Waals surface area contributed by atoms with Crippen LogP contribution in [0.15, 0.2) is 24.3 Å². The largest absolute Gasteiger partial charge is 0.353 e. The summed E-state index contributed by atoms with van der Waals surface area (Å²) in [6.07, 6.45) is 4.74. The van der Waals surface area contributed by atoms with Crippen molar-refractivity contribution in [3.05, 3.63) is 35.4 Å². The first-order chi connectivity index (χ1) is 11.5. The fraction of sp³-hybridized carbons (Fsp3) is 0.579. The van der Waals surface area contributed by atoms with Gasteiger partial charge in [0.25, 0.3) is 0 Å². The monoisotopic (exact) mass is 365 g/mol. The Labute approximate surface area is 155 Å². The van der Waals surface area contributed by atoms with E-state index >= 15 is 0 Å². The van der Waals surface area contributed by atoms with E-state index in [-0.39, 0.29) is 42.7 Å². The van der Waals surface area contributed by atoms with E-state index in [1.807, 2.05) is 31.2 Å². The van der Waals surface area contributed by atoms with E-state index in [4.69, 9.17) is 0 Å². The van der Waals surface area contributed by atoms with E-state index in [2.05, 4.69) is 16.0 Å². The standard InChI is InChI=1S/C19H27N3O2.ClH/c1-12-3-5-14(6-4-12)18(20-13(2)23)11-19(24)22-17-9-15-7-8-16(10-17)21-15;/h3-6,15-18,21H,7-11H2,1-2H3,(H,20,23)(H,22,24);1H. The van der Waals surface area contributed by atoms with Crippen molar-refractivity contribution < 1.29 is 9.59 Å². The van der Waals surface area contributed by atoms with Gasteiger partial charge in [-0.1, -0.05) is 29.8 Å². The van der Waals surface area contributed by atoms with Gasteiger partial charge in [-0.05, 0) is 38.2 Å². The van der Waals surface area contributed by atoms with Crippen molar-refractivity contribution >= 4 is 24.2 Å². The van der Waals surface area contributed by atoms with Gasteiger partial charge in [-0.3, -0.25) is 9.59 Å². The van der Waals surface area contributed by atoms with Crippen molar-refractivity contribution in [2.45, 2.75) is 70.1 Å². The van der Waals surface area contributed by atoms with Crippen LogP contribution in [-0.2, 0) is 9.59 Å². The zero-order valence-corrected chi connectivity index (χ0v) is 15.7. The molecule has 3 unspecified atom stereocenters. The van der Waals surface area contributed by atoms with Gasteiger partial charge in [0.2, 0.25) is 11.8 Å². The molecular formula is C19H28ClN3O2. The zero-order valence-electron chi connectivity index (χ0n) is 14.9. The van der Waals surface area contributed by atoms with Crippen molar-refractivity contribution in [1.82, 2.24) is 16.0 Å². The predicted molar refractivity (Wildman–Crippen MR) is 101 cm³/mol. The van der Waals surface area contributed by atoms with Crippen molar-refractivity contribution in [2.75, 3.05) is 0 Å². The minimum atomic E-state index is -0.276. The van der Waals surface area contributed by atoms with Crippen LogP contribution >= 0.6 is 12.4 Å². The van der Waals surface area contributed by atoms with Crippen LogP contribution in [0.1, 0.15) is 56.2 Å². The van der Waals surface area contributed by atoms with Crippen molar-refractivity contribution in [1.29, 1.82) is 0 Å². The van der Waals surface area contributed by atoms with Crippen LogP contribution in [0, 0.1) is 6.92 Å². The lowest BCUT2D eigenvalue weighted by Gasteiger charge is -2.30. The smallest absolute Gasteiger partial charge is 0.222 e. The van der Waals surface area contributed by atoms with Gasteiger partial charge in [-0.25, -0.2) is 0 Å². The summed E-state index contributed by atoms with van der Waals surface area (Å²) in [6, 6.07) is 9.06. The van der Waals surface area contributed by atoms with E-state index in [1.54, 1.807) is 0 Å². The summed E-state index contributed by atoms with van der Waals surface area (Å²) in [5.74, 6) is -0.103. The Balaban J connectivity index is 0.00000225. The second-order valence-electron chi connectivity index (χ2n) is 7.24. The maximum atomic E-state index is 12.5. The van der Waals surface area contributed by atoms with Crippen LogP contribution in [0.2, 0.25) is 0 Å². The molecule has 1 aromatic rings. The Bertz CT molecular complexity index is 593. The Morgan fingerprint density at radius 3 is 2.32 bits per heavy atom. The maximum Gasteiger partial charge on any atom is 0.222 e. The van der Waals surface area contributed by atoms with Gasteiger partial charge in [-0.15, -0.1) is 12.4 Å². The molecule has 2 aliphatic rings. The number of fused-ring (bicyclic) bond motifs is 2. The number of carbonyl (C=O) groups excluding carboxylic acids is 2. The molecule has 1 aromatic carbocycles. The summed E-state index contributed by atoms with van der Waals surface area (Å²) in [7, 11) is 0. The number of rotatable bonds is 5. The molecule has 2 amide bonds. The number of benzene rings is 1. The quantitative estimate of drug-likeness (QED) is 0.750. The molecule has 2 saturated heterocycles. The van der Waals surface area contributed by atoms with Crippen molar-refractivity contribution in [3.63, 3.8) is 0 Å². The fourth-order valence-corrected chi connectivity index (χ4v) is 3.94. The first kappa shape index (κ1) is 19.7. The predicted octanol–water partition coefficient (Wildman–Crippen LogP) is 2.38. The van der Waals surface area contributed by atoms with Crippen LogP contribution in [-0.4, -0.2) is 29.9 Å². The van der Waals surface area contributed by atoms with Gasteiger partial charge in [0.05, 0.1) is 12.5 Å². The summed E-state index contributed by atoms with van der Waals surface area (Å²) < 4.78 is 0. The minimum Gasteiger partial charge on any atom is -0.353 e. The Hall–Kier alpha value is -1.59. The maximum absolute atomic E-state index is 12.5. The number of carbonyl (C=O) groups is 2. The fourth-order valence-electron chi connectivity index (χ4n) is 3.94. The molecule has 0 spiro atoms. The molecule has 2 aliphatic heterocycles. The SMILES string of the molecule is CC(=O)NC(CC(=O)NC1CC2CCC(C1)N2)c1ccc(C)cc1.Cl. The summed E-state index contributed by atoms with van der Waals surface area (Å²) in [4.78, 5) is 24.0. The minimum absolute atomic E-state index is 0. The van der Waals surface area contributed by atoms with Gasteiger partial charge < -0.3 is 16.0 Å².